The highest BCUT2D eigenvalue weighted by Crippen LogP contribution is 2.29. The van der Waals surface area contributed by atoms with Crippen molar-refractivity contribution in [2.75, 3.05) is 7.11 Å². The fourth-order valence-electron chi connectivity index (χ4n) is 2.00. The quantitative estimate of drug-likeness (QED) is 0.923. The zero-order valence-electron chi connectivity index (χ0n) is 10.8. The summed E-state index contributed by atoms with van der Waals surface area (Å²) in [5, 5.41) is 0. The lowest BCUT2D eigenvalue weighted by molar-refractivity contribution is 0.414. The number of nitrogens with two attached hydrogens (primary N) is 1. The molecule has 1 unspecified atom stereocenters. The first kappa shape index (κ1) is 13.5. The van der Waals surface area contributed by atoms with Crippen molar-refractivity contribution in [2.24, 2.45) is 5.73 Å². The maximum absolute atomic E-state index is 13.8. The molecule has 100 valence electrons. The average Bonchev–Trinajstić information content (AvgIpc) is 2.38. The summed E-state index contributed by atoms with van der Waals surface area (Å²) < 4.78 is 31.8. The number of halogens is 2. The van der Waals surface area contributed by atoms with E-state index in [4.69, 9.17) is 10.5 Å². The number of rotatable bonds is 3. The van der Waals surface area contributed by atoms with E-state index in [2.05, 4.69) is 0 Å². The molecule has 0 spiro atoms. The van der Waals surface area contributed by atoms with E-state index in [0.29, 0.717) is 5.75 Å². The fraction of sp³-hybridized carbons (Fsp3) is 0.200. The van der Waals surface area contributed by atoms with Gasteiger partial charge in [-0.3, -0.25) is 0 Å². The van der Waals surface area contributed by atoms with Crippen LogP contribution in [0.25, 0.3) is 0 Å². The van der Waals surface area contributed by atoms with Crippen LogP contribution in [-0.4, -0.2) is 7.11 Å². The largest absolute Gasteiger partial charge is 0.497 e. The molecular weight excluding hydrogens is 248 g/mol. The number of hydrogen-bond donors (Lipinski definition) is 1. The summed E-state index contributed by atoms with van der Waals surface area (Å²) in [6.07, 6.45) is 0. The van der Waals surface area contributed by atoms with Gasteiger partial charge in [-0.2, -0.15) is 0 Å². The van der Waals surface area contributed by atoms with Gasteiger partial charge < -0.3 is 10.5 Å². The van der Waals surface area contributed by atoms with E-state index in [1.165, 1.54) is 12.1 Å². The predicted molar refractivity (Wildman–Crippen MR) is 70.0 cm³/mol. The van der Waals surface area contributed by atoms with Crippen LogP contribution in [0.3, 0.4) is 0 Å². The lowest BCUT2D eigenvalue weighted by Crippen LogP contribution is -2.35. The minimum Gasteiger partial charge on any atom is -0.497 e. The van der Waals surface area contributed by atoms with E-state index >= 15 is 0 Å². The predicted octanol–water partition coefficient (Wildman–Crippen LogP) is 3.20. The first-order valence-electron chi connectivity index (χ1n) is 5.84. The molecule has 0 bridgehead atoms. The number of methoxy groups -OCH3 is 1. The van der Waals surface area contributed by atoms with Gasteiger partial charge in [-0.25, -0.2) is 8.78 Å². The molecule has 0 heterocycles. The second kappa shape index (κ2) is 4.97. The Hall–Kier alpha value is -1.94. The molecule has 0 aromatic heterocycles. The molecule has 2 nitrogen and oxygen atoms in total. The Morgan fingerprint density at radius 1 is 1.05 bits per heavy atom. The molecule has 0 saturated heterocycles. The van der Waals surface area contributed by atoms with Gasteiger partial charge in [-0.15, -0.1) is 0 Å². The third kappa shape index (κ3) is 2.58. The van der Waals surface area contributed by atoms with Crippen LogP contribution in [0.2, 0.25) is 0 Å². The second-order valence-corrected chi connectivity index (χ2v) is 4.56. The summed E-state index contributed by atoms with van der Waals surface area (Å²) in [7, 11) is 1.57. The third-order valence-corrected chi connectivity index (χ3v) is 3.18. The second-order valence-electron chi connectivity index (χ2n) is 4.56. The van der Waals surface area contributed by atoms with Crippen LogP contribution < -0.4 is 10.5 Å². The minimum atomic E-state index is -1.04. The zero-order valence-corrected chi connectivity index (χ0v) is 10.8. The van der Waals surface area contributed by atoms with Gasteiger partial charge in [0.25, 0.3) is 0 Å². The van der Waals surface area contributed by atoms with E-state index in [9.17, 15) is 8.78 Å². The van der Waals surface area contributed by atoms with Gasteiger partial charge in [0.2, 0.25) is 0 Å². The summed E-state index contributed by atoms with van der Waals surface area (Å²) in [4.78, 5) is 0. The van der Waals surface area contributed by atoms with E-state index in [-0.39, 0.29) is 5.56 Å². The van der Waals surface area contributed by atoms with Crippen molar-refractivity contribution < 1.29 is 13.5 Å². The van der Waals surface area contributed by atoms with Crippen molar-refractivity contribution in [3.8, 4) is 5.75 Å². The molecule has 0 fully saturated rings. The Bertz CT molecular complexity index is 579. The molecular formula is C15H15F2NO. The van der Waals surface area contributed by atoms with Gasteiger partial charge in [-0.05, 0) is 30.7 Å². The Kier molecular flexibility index (Phi) is 3.53. The van der Waals surface area contributed by atoms with Gasteiger partial charge in [0.05, 0.1) is 12.6 Å². The summed E-state index contributed by atoms with van der Waals surface area (Å²) in [5.41, 5.74) is 6.13. The lowest BCUT2D eigenvalue weighted by atomic mass is 9.85. The number of benzene rings is 2. The van der Waals surface area contributed by atoms with Gasteiger partial charge >= 0.3 is 0 Å². The Morgan fingerprint density at radius 2 is 1.68 bits per heavy atom. The highest BCUT2D eigenvalue weighted by molar-refractivity contribution is 5.40. The van der Waals surface area contributed by atoms with Crippen molar-refractivity contribution in [1.29, 1.82) is 0 Å². The molecule has 1 atom stereocenters. The smallest absolute Gasteiger partial charge is 0.131 e. The molecule has 0 aliphatic rings. The van der Waals surface area contributed by atoms with Crippen LogP contribution in [0.1, 0.15) is 18.1 Å². The molecule has 2 rings (SSSR count). The standard InChI is InChI=1S/C15H15F2NO/c1-15(18,10-3-6-12(19-2)7-4-10)13-8-5-11(16)9-14(13)17/h3-9H,18H2,1-2H3. The molecule has 0 amide bonds. The summed E-state index contributed by atoms with van der Waals surface area (Å²) in [5.74, 6) is -0.577. The average molecular weight is 263 g/mol. The van der Waals surface area contributed by atoms with Gasteiger partial charge in [-0.1, -0.05) is 18.2 Å². The van der Waals surface area contributed by atoms with Crippen LogP contribution >= 0.6 is 0 Å². The van der Waals surface area contributed by atoms with Crippen LogP contribution in [0.15, 0.2) is 42.5 Å². The molecule has 0 aliphatic carbocycles. The van der Waals surface area contributed by atoms with Crippen molar-refractivity contribution in [3.63, 3.8) is 0 Å². The summed E-state index contributed by atoms with van der Waals surface area (Å²) in [6, 6.07) is 10.4. The van der Waals surface area contributed by atoms with Crippen molar-refractivity contribution in [2.45, 2.75) is 12.5 Å². The topological polar surface area (TPSA) is 35.2 Å². The Labute approximate surface area is 110 Å². The van der Waals surface area contributed by atoms with Gasteiger partial charge in [0.1, 0.15) is 17.4 Å². The Morgan fingerprint density at radius 3 is 2.21 bits per heavy atom. The van der Waals surface area contributed by atoms with Crippen molar-refractivity contribution in [1.82, 2.24) is 0 Å². The fourth-order valence-corrected chi connectivity index (χ4v) is 2.00. The molecule has 2 N–H and O–H groups in total. The van der Waals surface area contributed by atoms with Crippen LogP contribution in [-0.2, 0) is 5.54 Å². The van der Waals surface area contributed by atoms with Crippen molar-refractivity contribution >= 4 is 0 Å². The normalized spacial score (nSPS) is 13.9. The number of ether oxygens (including phenoxy) is 1. The van der Waals surface area contributed by atoms with Crippen molar-refractivity contribution in [3.05, 3.63) is 65.2 Å². The summed E-state index contributed by atoms with van der Waals surface area (Å²) in [6.45, 7) is 1.69. The molecule has 0 radical (unpaired) electrons. The molecule has 19 heavy (non-hydrogen) atoms. The maximum atomic E-state index is 13.8. The van der Waals surface area contributed by atoms with Crippen LogP contribution in [0.4, 0.5) is 8.78 Å². The monoisotopic (exact) mass is 263 g/mol. The Balaban J connectivity index is 2.45. The van der Waals surface area contributed by atoms with E-state index in [1.807, 2.05) is 0 Å². The minimum absolute atomic E-state index is 0.249. The maximum Gasteiger partial charge on any atom is 0.131 e. The number of hydrogen-bond acceptors (Lipinski definition) is 2. The van der Waals surface area contributed by atoms with E-state index < -0.39 is 17.2 Å². The van der Waals surface area contributed by atoms with Gasteiger partial charge in [0.15, 0.2) is 0 Å². The molecule has 0 saturated carbocycles. The highest BCUT2D eigenvalue weighted by Gasteiger charge is 2.27. The van der Waals surface area contributed by atoms with E-state index in [0.717, 1.165) is 11.6 Å². The molecule has 2 aromatic rings. The molecule has 0 aliphatic heterocycles. The summed E-state index contributed by atoms with van der Waals surface area (Å²) >= 11 is 0. The van der Waals surface area contributed by atoms with Crippen LogP contribution in [0.5, 0.6) is 5.75 Å². The SMILES string of the molecule is COc1ccc(C(C)(N)c2ccc(F)cc2F)cc1. The first-order valence-corrected chi connectivity index (χ1v) is 5.84. The molecule has 2 aromatic carbocycles. The van der Waals surface area contributed by atoms with E-state index in [1.54, 1.807) is 38.3 Å². The highest BCUT2D eigenvalue weighted by atomic mass is 19.1. The molecule has 4 heteroatoms. The zero-order chi connectivity index (χ0) is 14.0. The van der Waals surface area contributed by atoms with Gasteiger partial charge in [0, 0.05) is 11.6 Å². The lowest BCUT2D eigenvalue weighted by Gasteiger charge is -2.26. The third-order valence-electron chi connectivity index (χ3n) is 3.18. The first-order chi connectivity index (χ1) is 8.95. The van der Waals surface area contributed by atoms with Crippen LogP contribution in [0, 0.1) is 11.6 Å².